The summed E-state index contributed by atoms with van der Waals surface area (Å²) in [5.41, 5.74) is 1.14. The zero-order valence-electron chi connectivity index (χ0n) is 19.0. The minimum atomic E-state index is -0.652. The van der Waals surface area contributed by atoms with Gasteiger partial charge in [-0.1, -0.05) is 29.3 Å². The molecular weight excluding hydrogens is 508 g/mol. The quantitative estimate of drug-likeness (QED) is 0.259. The van der Waals surface area contributed by atoms with Gasteiger partial charge >= 0.3 is 0 Å². The summed E-state index contributed by atoms with van der Waals surface area (Å²) in [7, 11) is 0. The molecule has 0 aliphatic rings. The number of halogens is 3. The van der Waals surface area contributed by atoms with Gasteiger partial charge in [0.15, 0.2) is 18.1 Å². The molecule has 0 radical (unpaired) electrons. The third kappa shape index (κ3) is 7.47. The average molecular weight is 528 g/mol. The first-order chi connectivity index (χ1) is 17.3. The lowest BCUT2D eigenvalue weighted by atomic mass is 10.1. The molecule has 7 nitrogen and oxygen atoms in total. The molecule has 3 aromatic rings. The van der Waals surface area contributed by atoms with E-state index in [9.17, 15) is 19.2 Å². The van der Waals surface area contributed by atoms with Crippen LogP contribution in [-0.2, 0) is 9.59 Å². The molecule has 0 aliphatic carbocycles. The molecule has 0 atom stereocenters. The molecule has 0 saturated heterocycles. The summed E-state index contributed by atoms with van der Waals surface area (Å²) >= 11 is 11.8. The molecular formula is C26H20Cl2FN3O4. The normalized spacial score (nSPS) is 10.8. The number of amides is 2. The van der Waals surface area contributed by atoms with E-state index in [1.165, 1.54) is 36.4 Å². The van der Waals surface area contributed by atoms with Crippen LogP contribution in [0.1, 0.15) is 12.5 Å². The Labute approximate surface area is 217 Å². The molecule has 2 N–H and O–H groups in total. The van der Waals surface area contributed by atoms with Crippen molar-refractivity contribution in [3.8, 4) is 17.6 Å². The van der Waals surface area contributed by atoms with Gasteiger partial charge in [-0.05, 0) is 73.2 Å². The van der Waals surface area contributed by atoms with Crippen molar-refractivity contribution in [2.75, 3.05) is 23.8 Å². The predicted molar refractivity (Wildman–Crippen MR) is 137 cm³/mol. The van der Waals surface area contributed by atoms with E-state index in [1.54, 1.807) is 37.3 Å². The monoisotopic (exact) mass is 527 g/mol. The van der Waals surface area contributed by atoms with E-state index in [1.807, 2.05) is 6.07 Å². The molecule has 0 aliphatic heterocycles. The Hall–Kier alpha value is -4.06. The maximum Gasteiger partial charge on any atom is 0.266 e. The van der Waals surface area contributed by atoms with Gasteiger partial charge in [0.05, 0.1) is 16.7 Å². The first-order valence-electron chi connectivity index (χ1n) is 10.6. The van der Waals surface area contributed by atoms with Crippen molar-refractivity contribution < 1.29 is 23.5 Å². The third-order valence-corrected chi connectivity index (χ3v) is 5.35. The maximum atomic E-state index is 13.1. The van der Waals surface area contributed by atoms with Crippen LogP contribution in [0.3, 0.4) is 0 Å². The van der Waals surface area contributed by atoms with Crippen LogP contribution in [0.5, 0.6) is 11.5 Å². The van der Waals surface area contributed by atoms with Crippen LogP contribution in [0.15, 0.2) is 66.2 Å². The lowest BCUT2D eigenvalue weighted by Crippen LogP contribution is -2.20. The molecule has 0 spiro atoms. The first-order valence-corrected chi connectivity index (χ1v) is 11.4. The fraction of sp³-hybridized carbons (Fsp3) is 0.115. The molecule has 184 valence electrons. The predicted octanol–water partition coefficient (Wildman–Crippen LogP) is 6.09. The van der Waals surface area contributed by atoms with Crippen molar-refractivity contribution in [2.24, 2.45) is 0 Å². The third-order valence-electron chi connectivity index (χ3n) is 4.61. The fourth-order valence-corrected chi connectivity index (χ4v) is 3.26. The summed E-state index contributed by atoms with van der Waals surface area (Å²) in [6.07, 6.45) is 1.38. The second-order valence-corrected chi connectivity index (χ2v) is 8.05. The van der Waals surface area contributed by atoms with Crippen molar-refractivity contribution >= 4 is 52.5 Å². The Morgan fingerprint density at radius 3 is 2.33 bits per heavy atom. The number of hydrogen-bond donors (Lipinski definition) is 2. The number of hydrogen-bond acceptors (Lipinski definition) is 5. The highest BCUT2D eigenvalue weighted by Gasteiger charge is 2.13. The van der Waals surface area contributed by atoms with Crippen molar-refractivity contribution in [2.45, 2.75) is 6.92 Å². The molecule has 0 fully saturated rings. The summed E-state index contributed by atoms with van der Waals surface area (Å²) in [5, 5.41) is 15.3. The molecule has 10 heteroatoms. The lowest BCUT2D eigenvalue weighted by Gasteiger charge is -2.13. The summed E-state index contributed by atoms with van der Waals surface area (Å²) in [6.45, 7) is 1.79. The second-order valence-electron chi connectivity index (χ2n) is 7.24. The van der Waals surface area contributed by atoms with Gasteiger partial charge in [-0.25, -0.2) is 4.39 Å². The van der Waals surface area contributed by atoms with Crippen LogP contribution >= 0.6 is 23.2 Å². The second kappa shape index (κ2) is 12.6. The topological polar surface area (TPSA) is 100 Å². The van der Waals surface area contributed by atoms with Gasteiger partial charge in [-0.15, -0.1) is 0 Å². The number of nitriles is 1. The SMILES string of the molecule is CCOc1cc(/C=C(\C#N)C(=O)Nc2ccc(F)cc2)ccc1OCC(=O)Nc1ccc(Cl)c(Cl)c1. The number of carbonyl (C=O) groups excluding carboxylic acids is 2. The molecule has 3 rings (SSSR count). The van der Waals surface area contributed by atoms with E-state index in [-0.39, 0.29) is 12.2 Å². The van der Waals surface area contributed by atoms with Gasteiger partial charge in [0, 0.05) is 11.4 Å². The average Bonchev–Trinajstić information content (AvgIpc) is 2.85. The van der Waals surface area contributed by atoms with Gasteiger partial charge in [-0.2, -0.15) is 5.26 Å². The number of benzene rings is 3. The van der Waals surface area contributed by atoms with Gasteiger partial charge in [0.25, 0.3) is 11.8 Å². The minimum absolute atomic E-state index is 0.170. The van der Waals surface area contributed by atoms with Crippen molar-refractivity contribution in [3.05, 3.63) is 87.7 Å². The van der Waals surface area contributed by atoms with Crippen LogP contribution in [0.2, 0.25) is 10.0 Å². The first kappa shape index (κ1) is 26.5. The number of nitrogens with zero attached hydrogens (tertiary/aromatic N) is 1. The minimum Gasteiger partial charge on any atom is -0.490 e. The van der Waals surface area contributed by atoms with Gasteiger partial charge in [0.2, 0.25) is 0 Å². The fourth-order valence-electron chi connectivity index (χ4n) is 2.96. The zero-order valence-corrected chi connectivity index (χ0v) is 20.5. The van der Waals surface area contributed by atoms with Gasteiger partial charge < -0.3 is 20.1 Å². The highest BCUT2D eigenvalue weighted by atomic mass is 35.5. The standard InChI is InChI=1S/C26H20Cl2FN3O4/c1-2-35-24-12-16(11-17(14-30)26(34)32-19-6-4-18(29)5-7-19)3-10-23(24)36-15-25(33)31-20-8-9-21(27)22(28)13-20/h3-13H,2,15H2,1H3,(H,31,33)(H,32,34)/b17-11+. The summed E-state index contributed by atoms with van der Waals surface area (Å²) in [4.78, 5) is 24.7. The highest BCUT2D eigenvalue weighted by molar-refractivity contribution is 6.42. The largest absolute Gasteiger partial charge is 0.490 e. The molecule has 0 unspecified atom stereocenters. The Kier molecular flexibility index (Phi) is 9.28. The van der Waals surface area contributed by atoms with Crippen molar-refractivity contribution in [1.29, 1.82) is 5.26 Å². The Balaban J connectivity index is 1.70. The molecule has 3 aromatic carbocycles. The van der Waals surface area contributed by atoms with E-state index in [0.29, 0.717) is 45.1 Å². The van der Waals surface area contributed by atoms with Gasteiger partial charge in [-0.3, -0.25) is 9.59 Å². The summed E-state index contributed by atoms with van der Waals surface area (Å²) in [6, 6.07) is 16.5. The molecule has 36 heavy (non-hydrogen) atoms. The van der Waals surface area contributed by atoms with Crippen LogP contribution in [0.4, 0.5) is 15.8 Å². The van der Waals surface area contributed by atoms with Gasteiger partial charge in [0.1, 0.15) is 17.5 Å². The van der Waals surface area contributed by atoms with E-state index in [4.69, 9.17) is 32.7 Å². The highest BCUT2D eigenvalue weighted by Crippen LogP contribution is 2.30. The lowest BCUT2D eigenvalue weighted by molar-refractivity contribution is -0.118. The number of carbonyl (C=O) groups is 2. The molecule has 0 bridgehead atoms. The summed E-state index contributed by atoms with van der Waals surface area (Å²) in [5.74, 6) is -0.899. The maximum absolute atomic E-state index is 13.1. The van der Waals surface area contributed by atoms with Crippen LogP contribution in [0.25, 0.3) is 6.08 Å². The Morgan fingerprint density at radius 1 is 0.944 bits per heavy atom. The van der Waals surface area contributed by atoms with E-state index < -0.39 is 17.6 Å². The molecule has 0 saturated carbocycles. The van der Waals surface area contributed by atoms with E-state index >= 15 is 0 Å². The van der Waals surface area contributed by atoms with E-state index in [0.717, 1.165) is 0 Å². The van der Waals surface area contributed by atoms with Crippen LogP contribution in [0, 0.1) is 17.1 Å². The van der Waals surface area contributed by atoms with Crippen molar-refractivity contribution in [3.63, 3.8) is 0 Å². The zero-order chi connectivity index (χ0) is 26.1. The van der Waals surface area contributed by atoms with Crippen LogP contribution < -0.4 is 20.1 Å². The number of ether oxygens (including phenoxy) is 2. The van der Waals surface area contributed by atoms with E-state index in [2.05, 4.69) is 10.6 Å². The summed E-state index contributed by atoms with van der Waals surface area (Å²) < 4.78 is 24.3. The molecule has 0 aromatic heterocycles. The molecule has 2 amide bonds. The van der Waals surface area contributed by atoms with Crippen molar-refractivity contribution in [1.82, 2.24) is 0 Å². The Morgan fingerprint density at radius 2 is 1.67 bits per heavy atom. The molecule has 0 heterocycles. The number of rotatable bonds is 9. The van der Waals surface area contributed by atoms with Crippen LogP contribution in [-0.4, -0.2) is 25.0 Å². The number of anilines is 2. The smallest absolute Gasteiger partial charge is 0.266 e. The number of nitrogens with one attached hydrogen (secondary N) is 2. The Bertz CT molecular complexity index is 1340.